The molecule has 2 heterocycles. The second-order valence-electron chi connectivity index (χ2n) is 6.22. The highest BCUT2D eigenvalue weighted by atomic mass is 32.2. The lowest BCUT2D eigenvalue weighted by Gasteiger charge is -2.31. The van der Waals surface area contributed by atoms with Crippen LogP contribution in [0.1, 0.15) is 25.7 Å². The Morgan fingerprint density at radius 3 is 2.62 bits per heavy atom. The average Bonchev–Trinajstić information content (AvgIpc) is 3.02. The maximum atomic E-state index is 12.8. The molecule has 21 heavy (non-hydrogen) atoms. The number of amides is 2. The number of aliphatic hydroxyl groups excluding tert-OH is 1. The largest absolute Gasteiger partial charge is 0.480 e. The third-order valence-electron chi connectivity index (χ3n) is 4.66. The molecule has 0 aromatic heterocycles. The van der Waals surface area contributed by atoms with E-state index < -0.39 is 12.0 Å². The number of nitrogens with zero attached hydrogens (tertiary/aromatic N) is 2. The van der Waals surface area contributed by atoms with Crippen molar-refractivity contribution in [2.75, 3.05) is 25.4 Å². The van der Waals surface area contributed by atoms with Gasteiger partial charge in [0.05, 0.1) is 5.37 Å². The number of aliphatic hydroxyl groups is 1. The van der Waals surface area contributed by atoms with E-state index in [4.69, 9.17) is 5.11 Å². The van der Waals surface area contributed by atoms with Crippen LogP contribution in [0, 0.1) is 11.8 Å². The monoisotopic (exact) mass is 314 g/mol. The third kappa shape index (κ3) is 2.99. The van der Waals surface area contributed by atoms with Gasteiger partial charge in [0, 0.05) is 25.4 Å². The lowest BCUT2D eigenvalue weighted by molar-refractivity contribution is -0.141. The van der Waals surface area contributed by atoms with Gasteiger partial charge in [0.2, 0.25) is 0 Å². The fourth-order valence-corrected chi connectivity index (χ4v) is 4.92. The van der Waals surface area contributed by atoms with Crippen LogP contribution in [-0.2, 0) is 4.79 Å². The lowest BCUT2D eigenvalue weighted by Crippen LogP contribution is -2.51. The molecule has 2 aliphatic heterocycles. The first-order valence-electron chi connectivity index (χ1n) is 7.64. The minimum Gasteiger partial charge on any atom is -0.480 e. The van der Waals surface area contributed by atoms with E-state index in [9.17, 15) is 14.7 Å². The number of rotatable bonds is 4. The molecule has 3 fully saturated rings. The van der Waals surface area contributed by atoms with Crippen molar-refractivity contribution in [2.24, 2.45) is 11.8 Å². The van der Waals surface area contributed by atoms with Crippen LogP contribution in [-0.4, -0.2) is 68.9 Å². The predicted molar refractivity (Wildman–Crippen MR) is 79.0 cm³/mol. The minimum absolute atomic E-state index is 0.0375. The molecule has 3 aliphatic rings. The van der Waals surface area contributed by atoms with E-state index in [1.807, 2.05) is 0 Å². The van der Waals surface area contributed by atoms with Crippen LogP contribution >= 0.6 is 11.8 Å². The fraction of sp³-hybridized carbons (Fsp3) is 0.857. The van der Waals surface area contributed by atoms with Crippen molar-refractivity contribution < 1.29 is 19.8 Å². The van der Waals surface area contributed by atoms with Crippen LogP contribution in [0.5, 0.6) is 0 Å². The van der Waals surface area contributed by atoms with Gasteiger partial charge in [0.1, 0.15) is 6.04 Å². The molecule has 2 N–H and O–H groups in total. The van der Waals surface area contributed by atoms with Gasteiger partial charge in [0.25, 0.3) is 0 Å². The van der Waals surface area contributed by atoms with Gasteiger partial charge in [-0.3, -0.25) is 4.90 Å². The number of hydrogen-bond acceptors (Lipinski definition) is 4. The van der Waals surface area contributed by atoms with Crippen molar-refractivity contribution in [2.45, 2.75) is 37.1 Å². The molecule has 1 saturated carbocycles. The number of hydrogen-bond donors (Lipinski definition) is 2. The molecule has 6 nitrogen and oxygen atoms in total. The molecule has 0 bridgehead atoms. The Morgan fingerprint density at radius 1 is 1.24 bits per heavy atom. The number of likely N-dealkylation sites (tertiary alicyclic amines) is 1. The molecular formula is C14H22N2O4S. The molecule has 7 heteroatoms. The maximum Gasteiger partial charge on any atom is 0.327 e. The van der Waals surface area contributed by atoms with Crippen LogP contribution in [0.25, 0.3) is 0 Å². The number of carboxylic acids is 1. The summed E-state index contributed by atoms with van der Waals surface area (Å²) in [7, 11) is 0. The standard InChI is InChI=1S/C14H22N2O4S/c17-6-4-9-3-5-15(7-9)14(20)16-11(13(18)19)8-21-12(16)10-1-2-10/h9-12,17H,1-8H2,(H,18,19). The molecule has 0 aromatic rings. The topological polar surface area (TPSA) is 81.1 Å². The Kier molecular flexibility index (Phi) is 4.31. The van der Waals surface area contributed by atoms with Gasteiger partial charge >= 0.3 is 12.0 Å². The summed E-state index contributed by atoms with van der Waals surface area (Å²) < 4.78 is 0. The van der Waals surface area contributed by atoms with Crippen molar-refractivity contribution in [1.29, 1.82) is 0 Å². The highest BCUT2D eigenvalue weighted by Gasteiger charge is 2.49. The number of thioether (sulfide) groups is 1. The van der Waals surface area contributed by atoms with Crippen LogP contribution in [0.3, 0.4) is 0 Å². The molecule has 118 valence electrons. The molecule has 0 radical (unpaired) electrons. The molecular weight excluding hydrogens is 292 g/mol. The van der Waals surface area contributed by atoms with Crippen LogP contribution in [0.15, 0.2) is 0 Å². The van der Waals surface area contributed by atoms with Crippen LogP contribution < -0.4 is 0 Å². The van der Waals surface area contributed by atoms with Crippen molar-refractivity contribution in [3.63, 3.8) is 0 Å². The molecule has 0 aromatic carbocycles. The Balaban J connectivity index is 1.69. The van der Waals surface area contributed by atoms with Gasteiger partial charge in [-0.2, -0.15) is 0 Å². The van der Waals surface area contributed by atoms with Crippen molar-refractivity contribution in [3.8, 4) is 0 Å². The summed E-state index contributed by atoms with van der Waals surface area (Å²) >= 11 is 1.61. The molecule has 0 spiro atoms. The average molecular weight is 314 g/mol. The van der Waals surface area contributed by atoms with Gasteiger partial charge in [-0.05, 0) is 37.5 Å². The van der Waals surface area contributed by atoms with Crippen molar-refractivity contribution in [1.82, 2.24) is 9.80 Å². The zero-order valence-corrected chi connectivity index (χ0v) is 12.8. The third-order valence-corrected chi connectivity index (χ3v) is 6.12. The van der Waals surface area contributed by atoms with Gasteiger partial charge < -0.3 is 15.1 Å². The van der Waals surface area contributed by atoms with Crippen molar-refractivity contribution >= 4 is 23.8 Å². The summed E-state index contributed by atoms with van der Waals surface area (Å²) in [4.78, 5) is 27.6. The normalized spacial score (nSPS) is 32.7. The molecule has 3 atom stereocenters. The highest BCUT2D eigenvalue weighted by Crippen LogP contribution is 2.46. The van der Waals surface area contributed by atoms with Crippen LogP contribution in [0.2, 0.25) is 0 Å². The Labute approximate surface area is 128 Å². The first kappa shape index (κ1) is 15.0. The molecule has 2 saturated heterocycles. The van der Waals surface area contributed by atoms with E-state index in [1.165, 1.54) is 0 Å². The second-order valence-corrected chi connectivity index (χ2v) is 7.37. The number of carbonyl (C=O) groups is 2. The lowest BCUT2D eigenvalue weighted by atomic mass is 10.1. The molecule has 1 aliphatic carbocycles. The zero-order valence-electron chi connectivity index (χ0n) is 12.0. The number of urea groups is 1. The number of carboxylic acid groups (broad SMARTS) is 1. The minimum atomic E-state index is -0.898. The summed E-state index contributed by atoms with van der Waals surface area (Å²) in [5, 5.41) is 18.4. The summed E-state index contributed by atoms with van der Waals surface area (Å²) in [5.41, 5.74) is 0. The van der Waals surface area contributed by atoms with E-state index in [-0.39, 0.29) is 18.0 Å². The molecule has 2 amide bonds. The smallest absolute Gasteiger partial charge is 0.327 e. The molecule has 3 rings (SSSR count). The molecule has 3 unspecified atom stereocenters. The maximum absolute atomic E-state index is 12.8. The zero-order chi connectivity index (χ0) is 15.0. The van der Waals surface area contributed by atoms with Gasteiger partial charge in [-0.1, -0.05) is 0 Å². The Bertz CT molecular complexity index is 429. The van der Waals surface area contributed by atoms with E-state index in [1.54, 1.807) is 21.6 Å². The number of aliphatic carboxylic acids is 1. The van der Waals surface area contributed by atoms with Gasteiger partial charge in [0.15, 0.2) is 0 Å². The van der Waals surface area contributed by atoms with E-state index >= 15 is 0 Å². The Hall–Kier alpha value is -0.950. The summed E-state index contributed by atoms with van der Waals surface area (Å²) in [6, 6.07) is -0.810. The summed E-state index contributed by atoms with van der Waals surface area (Å²) in [6.45, 7) is 1.47. The van der Waals surface area contributed by atoms with E-state index in [0.29, 0.717) is 37.1 Å². The summed E-state index contributed by atoms with van der Waals surface area (Å²) in [6.07, 6.45) is 3.81. The highest BCUT2D eigenvalue weighted by molar-refractivity contribution is 8.00. The van der Waals surface area contributed by atoms with E-state index in [0.717, 1.165) is 19.3 Å². The first-order valence-corrected chi connectivity index (χ1v) is 8.69. The van der Waals surface area contributed by atoms with Crippen molar-refractivity contribution in [3.05, 3.63) is 0 Å². The second kappa shape index (κ2) is 6.04. The fourth-order valence-electron chi connectivity index (χ4n) is 3.29. The van der Waals surface area contributed by atoms with Gasteiger partial charge in [-0.15, -0.1) is 11.8 Å². The van der Waals surface area contributed by atoms with Gasteiger partial charge in [-0.25, -0.2) is 9.59 Å². The predicted octanol–water partition coefficient (Wildman–Crippen LogP) is 1.05. The number of carbonyl (C=O) groups excluding carboxylic acids is 1. The van der Waals surface area contributed by atoms with E-state index in [2.05, 4.69) is 0 Å². The summed E-state index contributed by atoms with van der Waals surface area (Å²) in [5.74, 6) is 0.414. The first-order chi connectivity index (χ1) is 10.1. The SMILES string of the molecule is O=C(O)C1CSC(C2CC2)N1C(=O)N1CCC(CCO)C1. The quantitative estimate of drug-likeness (QED) is 0.810. The Morgan fingerprint density at radius 2 is 2.00 bits per heavy atom. The van der Waals surface area contributed by atoms with Crippen LogP contribution in [0.4, 0.5) is 4.79 Å².